The number of benzene rings is 2. The topological polar surface area (TPSA) is 128 Å². The Bertz CT molecular complexity index is 881. The van der Waals surface area contributed by atoms with Gasteiger partial charge in [0.1, 0.15) is 11.5 Å². The van der Waals surface area contributed by atoms with E-state index in [0.29, 0.717) is 5.75 Å². The molecule has 2 aromatic rings. The van der Waals surface area contributed by atoms with Gasteiger partial charge in [0.15, 0.2) is 5.75 Å². The minimum absolute atomic E-state index is 0.104. The molecule has 10 heteroatoms. The molecule has 2 rings (SSSR count). The molecule has 0 spiro atoms. The first-order valence-electron chi connectivity index (χ1n) is 6.50. The van der Waals surface area contributed by atoms with E-state index in [4.69, 9.17) is 9.47 Å². The number of ether oxygens (including phenoxy) is 2. The first-order valence-corrected chi connectivity index (χ1v) is 7.99. The molecule has 0 fully saturated rings. The maximum absolute atomic E-state index is 12.4. The highest BCUT2D eigenvalue weighted by molar-refractivity contribution is 7.92. The molecule has 0 unspecified atom stereocenters. The van der Waals surface area contributed by atoms with Crippen LogP contribution >= 0.6 is 0 Å². The van der Waals surface area contributed by atoms with Gasteiger partial charge in [-0.05, 0) is 24.3 Å². The van der Waals surface area contributed by atoms with Crippen LogP contribution in [0.15, 0.2) is 41.3 Å². The molecule has 0 heterocycles. The summed E-state index contributed by atoms with van der Waals surface area (Å²) in [5, 5.41) is 20.3. The molecule has 0 saturated carbocycles. The average molecular weight is 354 g/mol. The Morgan fingerprint density at radius 2 is 1.83 bits per heavy atom. The summed E-state index contributed by atoms with van der Waals surface area (Å²) in [7, 11) is -1.36. The van der Waals surface area contributed by atoms with Gasteiger partial charge in [0, 0.05) is 12.1 Å². The van der Waals surface area contributed by atoms with Gasteiger partial charge in [-0.2, -0.15) is 0 Å². The highest BCUT2D eigenvalue weighted by Crippen LogP contribution is 2.33. The van der Waals surface area contributed by atoms with Crippen molar-refractivity contribution in [3.63, 3.8) is 0 Å². The molecule has 0 bridgehead atoms. The van der Waals surface area contributed by atoms with Crippen LogP contribution in [0.4, 0.5) is 11.4 Å². The smallest absolute Gasteiger partial charge is 0.312 e. The van der Waals surface area contributed by atoms with E-state index in [-0.39, 0.29) is 16.3 Å². The fourth-order valence-electron chi connectivity index (χ4n) is 1.91. The van der Waals surface area contributed by atoms with Gasteiger partial charge in [0.05, 0.1) is 29.7 Å². The van der Waals surface area contributed by atoms with Gasteiger partial charge in [-0.25, -0.2) is 8.42 Å². The van der Waals surface area contributed by atoms with E-state index in [1.807, 2.05) is 0 Å². The zero-order valence-corrected chi connectivity index (χ0v) is 13.5. The molecule has 0 aliphatic heterocycles. The molecule has 0 radical (unpaired) electrons. The van der Waals surface area contributed by atoms with Crippen LogP contribution in [0.2, 0.25) is 0 Å². The lowest BCUT2D eigenvalue weighted by atomic mass is 10.3. The van der Waals surface area contributed by atoms with E-state index in [9.17, 15) is 23.6 Å². The lowest BCUT2D eigenvalue weighted by Gasteiger charge is -2.13. The zero-order chi connectivity index (χ0) is 17.9. The van der Waals surface area contributed by atoms with Gasteiger partial charge < -0.3 is 14.6 Å². The van der Waals surface area contributed by atoms with Gasteiger partial charge in [-0.15, -0.1) is 0 Å². The SMILES string of the molecule is COc1ccc(OC)c(NS(=O)(=O)c2ccc(O)c([N+](=O)[O-])c2)c1. The Hall–Kier alpha value is -3.01. The summed E-state index contributed by atoms with van der Waals surface area (Å²) in [4.78, 5) is 9.58. The molecule has 2 N–H and O–H groups in total. The van der Waals surface area contributed by atoms with Crippen LogP contribution in [-0.4, -0.2) is 32.7 Å². The Morgan fingerprint density at radius 3 is 2.42 bits per heavy atom. The summed E-state index contributed by atoms with van der Waals surface area (Å²) < 4.78 is 37.3. The lowest BCUT2D eigenvalue weighted by Crippen LogP contribution is -2.14. The van der Waals surface area contributed by atoms with Crippen molar-refractivity contribution in [3.8, 4) is 17.2 Å². The highest BCUT2D eigenvalue weighted by atomic mass is 32.2. The van der Waals surface area contributed by atoms with Crippen molar-refractivity contribution < 1.29 is 27.9 Å². The van der Waals surface area contributed by atoms with Crippen LogP contribution in [0.3, 0.4) is 0 Å². The number of methoxy groups -OCH3 is 2. The number of nitro groups is 1. The number of nitrogens with zero attached hydrogens (tertiary/aromatic N) is 1. The molecular formula is C14H14N2O7S. The van der Waals surface area contributed by atoms with Crippen molar-refractivity contribution in [3.05, 3.63) is 46.5 Å². The van der Waals surface area contributed by atoms with Crippen LogP contribution < -0.4 is 14.2 Å². The van der Waals surface area contributed by atoms with E-state index in [2.05, 4.69) is 4.72 Å². The summed E-state index contributed by atoms with van der Waals surface area (Å²) in [6, 6.07) is 7.26. The summed E-state index contributed by atoms with van der Waals surface area (Å²) in [6.45, 7) is 0. The van der Waals surface area contributed by atoms with Crippen molar-refractivity contribution in [2.45, 2.75) is 4.90 Å². The molecule has 2 aromatic carbocycles. The third-order valence-electron chi connectivity index (χ3n) is 3.10. The maximum Gasteiger partial charge on any atom is 0.312 e. The Labute approximate surface area is 137 Å². The zero-order valence-electron chi connectivity index (χ0n) is 12.7. The minimum atomic E-state index is -4.14. The molecule has 0 aliphatic carbocycles. The largest absolute Gasteiger partial charge is 0.502 e. The number of hydrogen-bond acceptors (Lipinski definition) is 7. The molecule has 9 nitrogen and oxygen atoms in total. The fraction of sp³-hybridized carbons (Fsp3) is 0.143. The van der Waals surface area contributed by atoms with Crippen LogP contribution in [0.5, 0.6) is 17.2 Å². The molecular weight excluding hydrogens is 340 g/mol. The van der Waals surface area contributed by atoms with Gasteiger partial charge in [0.2, 0.25) is 0 Å². The number of sulfonamides is 1. The number of nitro benzene ring substituents is 1. The molecule has 0 saturated heterocycles. The lowest BCUT2D eigenvalue weighted by molar-refractivity contribution is -0.386. The number of aromatic hydroxyl groups is 1. The minimum Gasteiger partial charge on any atom is -0.502 e. The summed E-state index contributed by atoms with van der Waals surface area (Å²) >= 11 is 0. The second-order valence-corrected chi connectivity index (χ2v) is 6.26. The van der Waals surface area contributed by atoms with Crippen LogP contribution in [0, 0.1) is 10.1 Å². The molecule has 128 valence electrons. The van der Waals surface area contributed by atoms with Crippen LogP contribution in [0.1, 0.15) is 0 Å². The van der Waals surface area contributed by atoms with Crippen molar-refractivity contribution in [1.82, 2.24) is 0 Å². The van der Waals surface area contributed by atoms with E-state index >= 15 is 0 Å². The number of hydrogen-bond donors (Lipinski definition) is 2. The molecule has 0 aliphatic rings. The van der Waals surface area contributed by atoms with Crippen molar-refractivity contribution >= 4 is 21.4 Å². The van der Waals surface area contributed by atoms with Gasteiger partial charge in [-0.1, -0.05) is 0 Å². The van der Waals surface area contributed by atoms with Crippen molar-refractivity contribution in [2.24, 2.45) is 0 Å². The molecule has 0 atom stereocenters. The average Bonchev–Trinajstić information content (AvgIpc) is 2.54. The van der Waals surface area contributed by atoms with Gasteiger partial charge in [-0.3, -0.25) is 14.8 Å². The molecule has 0 amide bonds. The molecule has 24 heavy (non-hydrogen) atoms. The standard InChI is InChI=1S/C14H14N2O7S/c1-22-9-3-6-14(23-2)11(7-9)15-24(20,21)10-4-5-13(17)12(8-10)16(18)19/h3-8,15,17H,1-2H3. The quantitative estimate of drug-likeness (QED) is 0.600. The summed E-state index contributed by atoms with van der Waals surface area (Å²) in [5.74, 6) is 0.00995. The summed E-state index contributed by atoms with van der Waals surface area (Å²) in [5.41, 5.74) is -0.608. The highest BCUT2D eigenvalue weighted by Gasteiger charge is 2.22. The van der Waals surface area contributed by atoms with E-state index in [0.717, 1.165) is 18.2 Å². The van der Waals surface area contributed by atoms with Gasteiger partial charge >= 0.3 is 5.69 Å². The predicted molar refractivity (Wildman–Crippen MR) is 85.1 cm³/mol. The molecule has 0 aromatic heterocycles. The van der Waals surface area contributed by atoms with Crippen molar-refractivity contribution in [2.75, 3.05) is 18.9 Å². The fourth-order valence-corrected chi connectivity index (χ4v) is 3.00. The van der Waals surface area contributed by atoms with E-state index in [1.165, 1.54) is 26.4 Å². The van der Waals surface area contributed by atoms with E-state index < -0.39 is 26.4 Å². The van der Waals surface area contributed by atoms with Crippen LogP contribution in [0.25, 0.3) is 0 Å². The number of nitrogens with one attached hydrogen (secondary N) is 1. The number of phenolic OH excluding ortho intramolecular Hbond substituents is 1. The second-order valence-electron chi connectivity index (χ2n) is 4.58. The first-order chi connectivity index (χ1) is 11.3. The third kappa shape index (κ3) is 3.49. The Balaban J connectivity index is 2.46. The number of anilines is 1. The van der Waals surface area contributed by atoms with E-state index in [1.54, 1.807) is 6.07 Å². The number of phenols is 1. The van der Waals surface area contributed by atoms with Crippen LogP contribution in [-0.2, 0) is 10.0 Å². The predicted octanol–water partition coefficient (Wildman–Crippen LogP) is 2.12. The van der Waals surface area contributed by atoms with Gasteiger partial charge in [0.25, 0.3) is 10.0 Å². The summed E-state index contributed by atoms with van der Waals surface area (Å²) in [6.07, 6.45) is 0. The Kier molecular flexibility index (Phi) is 4.79. The van der Waals surface area contributed by atoms with Crippen molar-refractivity contribution in [1.29, 1.82) is 0 Å². The first kappa shape index (κ1) is 17.3. The Morgan fingerprint density at radius 1 is 1.12 bits per heavy atom. The third-order valence-corrected chi connectivity index (χ3v) is 4.47. The normalized spacial score (nSPS) is 10.9. The maximum atomic E-state index is 12.4. The number of rotatable bonds is 6. The monoisotopic (exact) mass is 354 g/mol. The second kappa shape index (κ2) is 6.62.